The molecule has 0 N–H and O–H groups in total. The fraction of sp³-hybridized carbons (Fsp3) is 0.0508. The lowest BCUT2D eigenvalue weighted by Gasteiger charge is -2.43. The summed E-state index contributed by atoms with van der Waals surface area (Å²) in [6.07, 6.45) is 0. The predicted octanol–water partition coefficient (Wildman–Crippen LogP) is 16.0. The molecule has 13 rings (SSSR count). The summed E-state index contributed by atoms with van der Waals surface area (Å²) in [6.45, 7) is 4.80. The molecule has 0 fully saturated rings. The number of rotatable bonds is 4. The number of anilines is 3. The zero-order valence-corrected chi connectivity index (χ0v) is 34.5. The number of hydrogen-bond acceptors (Lipinski definition) is 1. The van der Waals surface area contributed by atoms with E-state index in [-0.39, 0.29) is 5.41 Å². The lowest BCUT2D eigenvalue weighted by molar-refractivity contribution is 0.632. The number of para-hydroxylation sites is 4. The first-order chi connectivity index (χ1) is 30.6. The maximum atomic E-state index is 2.62. The summed E-state index contributed by atoms with van der Waals surface area (Å²) >= 11 is 0. The molecule has 0 saturated heterocycles. The molecule has 12 aromatic rings. The number of fused-ring (bicyclic) bond motifs is 10. The van der Waals surface area contributed by atoms with Crippen molar-refractivity contribution in [2.45, 2.75) is 19.3 Å². The molecule has 0 spiro atoms. The van der Waals surface area contributed by atoms with E-state index in [2.05, 4.69) is 240 Å². The number of nitrogens with zero attached hydrogens (tertiary/aromatic N) is 3. The van der Waals surface area contributed by atoms with Gasteiger partial charge in [-0.1, -0.05) is 178 Å². The molecule has 0 aliphatic carbocycles. The summed E-state index contributed by atoms with van der Waals surface area (Å²) in [5, 5.41) is 9.92. The van der Waals surface area contributed by atoms with Crippen molar-refractivity contribution in [3.05, 3.63) is 223 Å². The van der Waals surface area contributed by atoms with Crippen LogP contribution in [0.25, 0.3) is 87.7 Å². The summed E-state index contributed by atoms with van der Waals surface area (Å²) in [4.78, 5) is 2.62. The second-order valence-electron chi connectivity index (χ2n) is 17.3. The van der Waals surface area contributed by atoms with Crippen LogP contribution in [0.1, 0.15) is 25.0 Å². The normalized spacial score (nSPS) is 13.4. The van der Waals surface area contributed by atoms with E-state index in [1.807, 2.05) is 0 Å². The molecular weight excluding hydrogens is 751 g/mol. The second-order valence-corrected chi connectivity index (χ2v) is 17.3. The Morgan fingerprint density at radius 3 is 1.06 bits per heavy atom. The van der Waals surface area contributed by atoms with Crippen LogP contribution in [0.3, 0.4) is 0 Å². The summed E-state index contributed by atoms with van der Waals surface area (Å²) in [5.41, 5.74) is 15.4. The topological polar surface area (TPSA) is 13.1 Å². The van der Waals surface area contributed by atoms with E-state index in [9.17, 15) is 0 Å². The van der Waals surface area contributed by atoms with E-state index in [1.54, 1.807) is 0 Å². The molecule has 62 heavy (non-hydrogen) atoms. The standard InChI is InChI=1S/C59H41N3/c1-59(2)49-34-32-39(60-51-28-14-10-20-41(51)42-21-11-15-29-52(42)60)36-55(49)62(56-37-40(33-35-50(56)59)61-53-30-16-12-22-43(53)44-23-13-17-31-54(44)61)58-47-26-8-6-24-45(47)57(38-18-4-3-5-19-38)46-25-7-9-27-48(46)58/h3-37H,1-2H3. The average Bonchev–Trinajstić information content (AvgIpc) is 3.84. The molecule has 0 unspecified atom stereocenters. The Bertz CT molecular complexity index is 3460. The van der Waals surface area contributed by atoms with Gasteiger partial charge >= 0.3 is 0 Å². The third kappa shape index (κ3) is 4.82. The highest BCUT2D eigenvalue weighted by atomic mass is 15.2. The van der Waals surface area contributed by atoms with Crippen LogP contribution in [0.15, 0.2) is 212 Å². The fourth-order valence-corrected chi connectivity index (χ4v) is 10.9. The van der Waals surface area contributed by atoms with Gasteiger partial charge in [-0.15, -0.1) is 0 Å². The Balaban J connectivity index is 1.17. The SMILES string of the molecule is CC1(C)c2ccc(-n3c4ccccc4c4ccccc43)cc2N(c2c3ccccc3c(-c3ccccc3)c3ccccc23)c2cc(-n3c4ccccc4c4ccccc43)ccc21. The second kappa shape index (κ2) is 13.1. The first kappa shape index (κ1) is 34.9. The maximum Gasteiger partial charge on any atom is 0.0619 e. The van der Waals surface area contributed by atoms with Gasteiger partial charge in [0.25, 0.3) is 0 Å². The summed E-state index contributed by atoms with van der Waals surface area (Å²) < 4.78 is 4.91. The molecule has 10 aromatic carbocycles. The average molecular weight is 792 g/mol. The van der Waals surface area contributed by atoms with Gasteiger partial charge in [-0.25, -0.2) is 0 Å². The lowest BCUT2D eigenvalue weighted by Crippen LogP contribution is -2.31. The molecule has 1 aliphatic heterocycles. The molecule has 0 saturated carbocycles. The summed E-state index contributed by atoms with van der Waals surface area (Å²) in [6, 6.07) is 78.6. The van der Waals surface area contributed by atoms with Crippen molar-refractivity contribution in [1.29, 1.82) is 0 Å². The van der Waals surface area contributed by atoms with E-state index in [1.165, 1.54) is 104 Å². The van der Waals surface area contributed by atoms with Crippen molar-refractivity contribution in [3.8, 4) is 22.5 Å². The lowest BCUT2D eigenvalue weighted by atomic mass is 9.73. The van der Waals surface area contributed by atoms with Crippen LogP contribution >= 0.6 is 0 Å². The van der Waals surface area contributed by atoms with Crippen LogP contribution in [-0.4, -0.2) is 9.13 Å². The minimum absolute atomic E-state index is 0.310. The molecule has 3 heterocycles. The van der Waals surface area contributed by atoms with Gasteiger partial charge in [-0.3, -0.25) is 0 Å². The first-order valence-corrected chi connectivity index (χ1v) is 21.6. The van der Waals surface area contributed by atoms with Gasteiger partial charge in [0.1, 0.15) is 0 Å². The summed E-state index contributed by atoms with van der Waals surface area (Å²) in [7, 11) is 0. The Kier molecular flexibility index (Phi) is 7.36. The Morgan fingerprint density at radius 1 is 0.323 bits per heavy atom. The van der Waals surface area contributed by atoms with E-state index in [0.717, 1.165) is 11.4 Å². The van der Waals surface area contributed by atoms with Gasteiger partial charge in [0.15, 0.2) is 0 Å². The molecule has 0 amide bonds. The molecule has 292 valence electrons. The minimum Gasteiger partial charge on any atom is -0.309 e. The smallest absolute Gasteiger partial charge is 0.0619 e. The van der Waals surface area contributed by atoms with Crippen LogP contribution in [0, 0.1) is 0 Å². The van der Waals surface area contributed by atoms with Crippen molar-refractivity contribution < 1.29 is 0 Å². The molecule has 0 atom stereocenters. The largest absolute Gasteiger partial charge is 0.309 e. The molecule has 3 heteroatoms. The van der Waals surface area contributed by atoms with E-state index in [4.69, 9.17) is 0 Å². The Hall–Kier alpha value is -7.88. The van der Waals surface area contributed by atoms with Crippen molar-refractivity contribution in [3.63, 3.8) is 0 Å². The van der Waals surface area contributed by atoms with Crippen LogP contribution in [-0.2, 0) is 5.41 Å². The van der Waals surface area contributed by atoms with Crippen molar-refractivity contribution >= 4 is 82.2 Å². The highest BCUT2D eigenvalue weighted by Crippen LogP contribution is 2.57. The van der Waals surface area contributed by atoms with Crippen LogP contribution in [0.5, 0.6) is 0 Å². The zero-order chi connectivity index (χ0) is 41.1. The third-order valence-electron chi connectivity index (χ3n) is 13.7. The first-order valence-electron chi connectivity index (χ1n) is 21.6. The molecule has 3 nitrogen and oxygen atoms in total. The van der Waals surface area contributed by atoms with Gasteiger partial charge in [-0.2, -0.15) is 0 Å². The molecular formula is C59H41N3. The van der Waals surface area contributed by atoms with Gasteiger partial charge < -0.3 is 14.0 Å². The predicted molar refractivity (Wildman–Crippen MR) is 262 cm³/mol. The van der Waals surface area contributed by atoms with E-state index < -0.39 is 0 Å². The number of aromatic nitrogens is 2. The van der Waals surface area contributed by atoms with Gasteiger partial charge in [0, 0.05) is 49.1 Å². The Morgan fingerprint density at radius 2 is 0.661 bits per heavy atom. The van der Waals surface area contributed by atoms with Gasteiger partial charge in [0.05, 0.1) is 39.1 Å². The maximum absolute atomic E-state index is 2.62. The van der Waals surface area contributed by atoms with Crippen LogP contribution < -0.4 is 4.90 Å². The molecule has 0 radical (unpaired) electrons. The van der Waals surface area contributed by atoms with Crippen LogP contribution in [0.4, 0.5) is 17.1 Å². The summed E-state index contributed by atoms with van der Waals surface area (Å²) in [5.74, 6) is 0. The van der Waals surface area contributed by atoms with E-state index >= 15 is 0 Å². The quantitative estimate of drug-likeness (QED) is 0.162. The zero-order valence-electron chi connectivity index (χ0n) is 34.5. The molecule has 1 aliphatic rings. The van der Waals surface area contributed by atoms with Crippen molar-refractivity contribution in [2.75, 3.05) is 4.90 Å². The van der Waals surface area contributed by atoms with Crippen molar-refractivity contribution in [2.24, 2.45) is 0 Å². The number of hydrogen-bond donors (Lipinski definition) is 0. The third-order valence-corrected chi connectivity index (χ3v) is 13.7. The van der Waals surface area contributed by atoms with E-state index in [0.29, 0.717) is 0 Å². The number of benzene rings is 10. The van der Waals surface area contributed by atoms with Crippen LogP contribution in [0.2, 0.25) is 0 Å². The monoisotopic (exact) mass is 791 g/mol. The van der Waals surface area contributed by atoms with Gasteiger partial charge in [0.2, 0.25) is 0 Å². The molecule has 0 bridgehead atoms. The highest BCUT2D eigenvalue weighted by Gasteiger charge is 2.39. The highest BCUT2D eigenvalue weighted by molar-refractivity contribution is 6.23. The fourth-order valence-electron chi connectivity index (χ4n) is 10.9. The van der Waals surface area contributed by atoms with Gasteiger partial charge in [-0.05, 0) is 81.6 Å². The van der Waals surface area contributed by atoms with Crippen molar-refractivity contribution in [1.82, 2.24) is 9.13 Å². The molecule has 2 aromatic heterocycles. The minimum atomic E-state index is -0.310. The Labute approximate surface area is 359 Å².